The number of ether oxygens (including phenoxy) is 2. The minimum Gasteiger partial charge on any atom is -0.507 e. The van der Waals surface area contributed by atoms with Crippen molar-refractivity contribution in [1.82, 2.24) is 15.3 Å². The Bertz CT molecular complexity index is 1510. The van der Waals surface area contributed by atoms with E-state index in [1.165, 1.54) is 7.11 Å². The van der Waals surface area contributed by atoms with E-state index in [4.69, 9.17) is 14.5 Å². The van der Waals surface area contributed by atoms with Gasteiger partial charge in [-0.25, -0.2) is 15.4 Å². The highest BCUT2D eigenvalue weighted by atomic mass is 19.4. The number of nitrogens with one attached hydrogen (secondary N) is 1. The third-order valence-electron chi connectivity index (χ3n) is 8.11. The topological polar surface area (TPSA) is 86.6 Å². The normalized spacial score (nSPS) is 20.0. The molecule has 0 amide bonds. The Morgan fingerprint density at radius 1 is 1.23 bits per heavy atom. The van der Waals surface area contributed by atoms with E-state index in [1.54, 1.807) is 24.3 Å². The Hall–Kier alpha value is -4.09. The van der Waals surface area contributed by atoms with Gasteiger partial charge in [0, 0.05) is 29.9 Å². The first-order chi connectivity index (χ1) is 20.4. The van der Waals surface area contributed by atoms with Gasteiger partial charge in [0.05, 0.1) is 37.3 Å². The SMILES string of the molecule is C=CCOC1(C)CCN(C2=C(CC(=O)OC)C(C)=NC3=CC(c4cccc(-c5cc(C(F)(F)F)ccc5O)c4)NN32)CC1. The fourth-order valence-electron chi connectivity index (χ4n) is 5.62. The number of hydrogen-bond acceptors (Lipinski definition) is 8. The van der Waals surface area contributed by atoms with Crippen LogP contribution in [0.2, 0.25) is 0 Å². The zero-order valence-corrected chi connectivity index (χ0v) is 24.4. The number of hydrazine groups is 1. The van der Waals surface area contributed by atoms with Crippen molar-refractivity contribution in [2.24, 2.45) is 4.99 Å². The predicted molar refractivity (Wildman–Crippen MR) is 156 cm³/mol. The number of nitrogens with zero attached hydrogens (tertiary/aromatic N) is 3. The molecule has 0 spiro atoms. The molecular weight excluding hydrogens is 561 g/mol. The van der Waals surface area contributed by atoms with Gasteiger partial charge in [0.25, 0.3) is 0 Å². The Labute approximate surface area is 248 Å². The second-order valence-corrected chi connectivity index (χ2v) is 11.1. The number of aliphatic imine (C=N–C) groups is 1. The lowest BCUT2D eigenvalue weighted by Gasteiger charge is -2.44. The summed E-state index contributed by atoms with van der Waals surface area (Å²) < 4.78 is 51.2. The first kappa shape index (κ1) is 30.4. The molecule has 3 aliphatic heterocycles. The van der Waals surface area contributed by atoms with E-state index < -0.39 is 11.7 Å². The summed E-state index contributed by atoms with van der Waals surface area (Å²) in [6.45, 7) is 9.54. The summed E-state index contributed by atoms with van der Waals surface area (Å²) in [6, 6.07) is 9.51. The molecule has 8 nitrogen and oxygen atoms in total. The van der Waals surface area contributed by atoms with Crippen LogP contribution in [0.5, 0.6) is 5.75 Å². The average molecular weight is 597 g/mol. The number of phenols is 1. The smallest absolute Gasteiger partial charge is 0.416 e. The van der Waals surface area contributed by atoms with Crippen LogP contribution in [-0.2, 0) is 20.4 Å². The number of carbonyl (C=O) groups excluding carboxylic acids is 1. The fraction of sp³-hybridized carbons (Fsp3) is 0.375. The predicted octanol–water partition coefficient (Wildman–Crippen LogP) is 6.09. The maximum atomic E-state index is 13.4. The highest BCUT2D eigenvalue weighted by molar-refractivity contribution is 6.03. The number of halogens is 3. The highest BCUT2D eigenvalue weighted by Crippen LogP contribution is 2.40. The van der Waals surface area contributed by atoms with Crippen LogP contribution in [0.15, 0.2) is 83.4 Å². The molecule has 1 saturated heterocycles. The van der Waals surface area contributed by atoms with E-state index in [2.05, 4.69) is 23.8 Å². The second-order valence-electron chi connectivity index (χ2n) is 11.1. The Kier molecular flexibility index (Phi) is 8.40. The average Bonchev–Trinajstić information content (AvgIpc) is 3.40. The van der Waals surface area contributed by atoms with E-state index in [1.807, 2.05) is 24.1 Å². The highest BCUT2D eigenvalue weighted by Gasteiger charge is 2.39. The van der Waals surface area contributed by atoms with E-state index in [9.17, 15) is 23.1 Å². The molecule has 0 saturated carbocycles. The van der Waals surface area contributed by atoms with Gasteiger partial charge in [0.1, 0.15) is 17.4 Å². The summed E-state index contributed by atoms with van der Waals surface area (Å²) in [7, 11) is 1.35. The maximum absolute atomic E-state index is 13.4. The number of phenolic OH excluding ortho intramolecular Hbond substituents is 1. The van der Waals surface area contributed by atoms with E-state index >= 15 is 0 Å². The van der Waals surface area contributed by atoms with E-state index in [-0.39, 0.29) is 35.3 Å². The molecule has 3 heterocycles. The van der Waals surface area contributed by atoms with Gasteiger partial charge in [-0.3, -0.25) is 4.79 Å². The maximum Gasteiger partial charge on any atom is 0.416 e. The Morgan fingerprint density at radius 2 is 1.98 bits per heavy atom. The number of aromatic hydroxyl groups is 1. The summed E-state index contributed by atoms with van der Waals surface area (Å²) in [4.78, 5) is 19.4. The van der Waals surface area contributed by atoms with Gasteiger partial charge in [0.2, 0.25) is 0 Å². The first-order valence-electron chi connectivity index (χ1n) is 14.1. The lowest BCUT2D eigenvalue weighted by molar-refractivity contribution is -0.140. The molecule has 0 aliphatic carbocycles. The van der Waals surface area contributed by atoms with Crippen molar-refractivity contribution in [2.45, 2.75) is 50.9 Å². The van der Waals surface area contributed by atoms with Crippen molar-refractivity contribution >= 4 is 11.7 Å². The van der Waals surface area contributed by atoms with Crippen molar-refractivity contribution in [3.8, 4) is 16.9 Å². The lowest BCUT2D eigenvalue weighted by Crippen LogP contribution is -2.50. The molecule has 11 heteroatoms. The Balaban J connectivity index is 1.46. The molecule has 2 aromatic rings. The van der Waals surface area contributed by atoms with Crippen LogP contribution in [0.3, 0.4) is 0 Å². The van der Waals surface area contributed by atoms with E-state index in [0.717, 1.165) is 48.0 Å². The lowest BCUT2D eigenvalue weighted by atomic mass is 9.92. The van der Waals surface area contributed by atoms with Gasteiger partial charge in [-0.2, -0.15) is 13.2 Å². The molecule has 0 radical (unpaired) electrons. The van der Waals surface area contributed by atoms with Gasteiger partial charge in [0.15, 0.2) is 0 Å². The van der Waals surface area contributed by atoms with Crippen molar-refractivity contribution < 1.29 is 32.5 Å². The first-order valence-corrected chi connectivity index (χ1v) is 14.1. The van der Waals surface area contributed by atoms with Crippen LogP contribution in [0.1, 0.15) is 50.3 Å². The summed E-state index contributed by atoms with van der Waals surface area (Å²) >= 11 is 0. The van der Waals surface area contributed by atoms with Gasteiger partial charge in [-0.05, 0) is 68.2 Å². The zero-order valence-electron chi connectivity index (χ0n) is 24.4. The number of rotatable bonds is 8. The summed E-state index contributed by atoms with van der Waals surface area (Å²) in [5.41, 5.74) is 5.09. The number of fused-ring (bicyclic) bond motifs is 1. The minimum atomic E-state index is -4.54. The third-order valence-corrected chi connectivity index (χ3v) is 8.11. The summed E-state index contributed by atoms with van der Waals surface area (Å²) in [6.07, 6.45) is 0.720. The largest absolute Gasteiger partial charge is 0.507 e. The van der Waals surface area contributed by atoms with Gasteiger partial charge < -0.3 is 19.5 Å². The second kappa shape index (κ2) is 11.9. The zero-order chi connectivity index (χ0) is 30.9. The quantitative estimate of drug-likeness (QED) is 0.282. The standard InChI is InChI=1S/C32H35F3N4O4/c1-5-15-43-31(3)11-13-38(14-12-31)30-24(18-29(41)42-4)20(2)36-28-19-26(37-39(28)30)22-8-6-7-21(16-22)25-17-23(32(33,34)35)9-10-27(25)40/h5-10,16-17,19,26,37,40H,1,11-15,18H2,2-4H3. The number of benzene rings is 2. The third kappa shape index (κ3) is 6.33. The molecule has 2 aromatic carbocycles. The van der Waals surface area contributed by atoms with Crippen LogP contribution in [0.4, 0.5) is 13.2 Å². The molecule has 1 atom stereocenters. The monoisotopic (exact) mass is 596 g/mol. The number of piperidine rings is 1. The molecule has 5 rings (SSSR count). The van der Waals surface area contributed by atoms with Crippen LogP contribution in [0, 0.1) is 0 Å². The molecule has 1 fully saturated rings. The van der Waals surface area contributed by atoms with Crippen molar-refractivity contribution in [2.75, 3.05) is 26.8 Å². The summed E-state index contributed by atoms with van der Waals surface area (Å²) in [5, 5.41) is 12.3. The van der Waals surface area contributed by atoms with Crippen molar-refractivity contribution in [3.05, 3.63) is 89.5 Å². The number of hydrogen-bond donors (Lipinski definition) is 2. The van der Waals surface area contributed by atoms with Crippen LogP contribution in [-0.4, -0.2) is 59.1 Å². The van der Waals surface area contributed by atoms with Crippen LogP contribution >= 0.6 is 0 Å². The molecule has 1 unspecified atom stereocenters. The Morgan fingerprint density at radius 3 is 2.65 bits per heavy atom. The summed E-state index contributed by atoms with van der Waals surface area (Å²) in [5.74, 6) is 0.834. The molecule has 0 bridgehead atoms. The van der Waals surface area contributed by atoms with Gasteiger partial charge in [-0.1, -0.05) is 24.3 Å². The van der Waals surface area contributed by atoms with Gasteiger partial charge in [-0.15, -0.1) is 6.58 Å². The molecule has 43 heavy (non-hydrogen) atoms. The number of methoxy groups -OCH3 is 1. The molecular formula is C32H35F3N4O4. The number of likely N-dealkylation sites (tertiary alicyclic amines) is 1. The number of carbonyl (C=O) groups is 1. The molecule has 0 aromatic heterocycles. The van der Waals surface area contributed by atoms with Gasteiger partial charge >= 0.3 is 12.1 Å². The number of alkyl halides is 3. The van der Waals surface area contributed by atoms with Crippen molar-refractivity contribution in [3.63, 3.8) is 0 Å². The molecule has 228 valence electrons. The van der Waals surface area contributed by atoms with Crippen LogP contribution in [0.25, 0.3) is 11.1 Å². The molecule has 3 aliphatic rings. The fourth-order valence-corrected chi connectivity index (χ4v) is 5.62. The molecule has 2 N–H and O–H groups in total. The minimum absolute atomic E-state index is 0.0440. The number of esters is 1. The van der Waals surface area contributed by atoms with Crippen LogP contribution < -0.4 is 5.43 Å². The van der Waals surface area contributed by atoms with Crippen molar-refractivity contribution in [1.29, 1.82) is 0 Å². The van der Waals surface area contributed by atoms with E-state index in [0.29, 0.717) is 36.8 Å².